The van der Waals surface area contributed by atoms with Crippen molar-refractivity contribution in [3.8, 4) is 0 Å². The first kappa shape index (κ1) is 18.6. The molecule has 0 radical (unpaired) electrons. The number of hydrogen-bond donors (Lipinski definition) is 1. The van der Waals surface area contributed by atoms with Crippen LogP contribution in [-0.4, -0.2) is 61.5 Å². The molecule has 0 atom stereocenters. The van der Waals surface area contributed by atoms with Crippen molar-refractivity contribution in [3.05, 3.63) is 23.8 Å². The zero-order valence-corrected chi connectivity index (χ0v) is 15.4. The molecule has 1 fully saturated rings. The summed E-state index contributed by atoms with van der Waals surface area (Å²) in [5, 5.41) is 0. The van der Waals surface area contributed by atoms with Gasteiger partial charge in [-0.2, -0.15) is 0 Å². The van der Waals surface area contributed by atoms with Gasteiger partial charge in [0.25, 0.3) is 0 Å². The Morgan fingerprint density at radius 1 is 1.12 bits per heavy atom. The number of nitrogen functional groups attached to an aromatic ring is 1. The van der Waals surface area contributed by atoms with Gasteiger partial charge in [0.15, 0.2) is 0 Å². The number of anilines is 2. The van der Waals surface area contributed by atoms with Gasteiger partial charge in [-0.3, -0.25) is 4.79 Å². The van der Waals surface area contributed by atoms with Crippen LogP contribution in [0.4, 0.5) is 11.4 Å². The molecule has 0 aliphatic carbocycles. The molecule has 0 bridgehead atoms. The molecule has 0 spiro atoms. The molecule has 1 saturated heterocycles. The van der Waals surface area contributed by atoms with Gasteiger partial charge in [0, 0.05) is 45.7 Å². The van der Waals surface area contributed by atoms with Crippen LogP contribution in [0.1, 0.15) is 32.8 Å². The maximum atomic E-state index is 12.4. The topological polar surface area (TPSA) is 52.8 Å². The SMILES string of the molecule is CCN1CCN(C(=O)CCc2ccc(N(CC)CC)c(N)c2)CC1. The fourth-order valence-electron chi connectivity index (χ4n) is 3.33. The molecule has 0 unspecified atom stereocenters. The van der Waals surface area contributed by atoms with E-state index < -0.39 is 0 Å². The van der Waals surface area contributed by atoms with Gasteiger partial charge in [0.1, 0.15) is 0 Å². The van der Waals surface area contributed by atoms with Gasteiger partial charge < -0.3 is 20.4 Å². The van der Waals surface area contributed by atoms with Gasteiger partial charge >= 0.3 is 0 Å². The molecular weight excluding hydrogens is 300 g/mol. The third kappa shape index (κ3) is 4.63. The molecule has 2 N–H and O–H groups in total. The number of aryl methyl sites for hydroxylation is 1. The first-order valence-electron chi connectivity index (χ1n) is 9.22. The Morgan fingerprint density at radius 2 is 1.79 bits per heavy atom. The molecule has 24 heavy (non-hydrogen) atoms. The van der Waals surface area contributed by atoms with Crippen LogP contribution in [0.3, 0.4) is 0 Å². The maximum absolute atomic E-state index is 12.4. The maximum Gasteiger partial charge on any atom is 0.222 e. The number of hydrogen-bond acceptors (Lipinski definition) is 4. The number of nitrogens with two attached hydrogens (primary N) is 1. The van der Waals surface area contributed by atoms with E-state index >= 15 is 0 Å². The van der Waals surface area contributed by atoms with Crippen molar-refractivity contribution >= 4 is 17.3 Å². The molecular formula is C19H32N4O. The molecule has 1 aromatic rings. The Labute approximate surface area is 146 Å². The average Bonchev–Trinajstić information content (AvgIpc) is 2.62. The Kier molecular flexibility index (Phi) is 6.91. The van der Waals surface area contributed by atoms with E-state index in [-0.39, 0.29) is 5.91 Å². The molecule has 5 nitrogen and oxygen atoms in total. The van der Waals surface area contributed by atoms with Crippen molar-refractivity contribution in [1.29, 1.82) is 0 Å². The summed E-state index contributed by atoms with van der Waals surface area (Å²) >= 11 is 0. The zero-order valence-electron chi connectivity index (χ0n) is 15.4. The molecule has 0 saturated carbocycles. The van der Waals surface area contributed by atoms with E-state index in [1.807, 2.05) is 11.0 Å². The first-order valence-corrected chi connectivity index (χ1v) is 9.22. The lowest BCUT2D eigenvalue weighted by atomic mass is 10.1. The van der Waals surface area contributed by atoms with Crippen LogP contribution < -0.4 is 10.6 Å². The third-order valence-electron chi connectivity index (χ3n) is 5.00. The highest BCUT2D eigenvalue weighted by molar-refractivity contribution is 5.77. The van der Waals surface area contributed by atoms with Crippen LogP contribution in [-0.2, 0) is 11.2 Å². The standard InChI is InChI=1S/C19H32N4O/c1-4-21-11-13-23(14-12-21)19(24)10-8-16-7-9-18(17(20)15-16)22(5-2)6-3/h7,9,15H,4-6,8,10-14,20H2,1-3H3. The first-order chi connectivity index (χ1) is 11.6. The lowest BCUT2D eigenvalue weighted by Gasteiger charge is -2.34. The highest BCUT2D eigenvalue weighted by Gasteiger charge is 2.19. The monoisotopic (exact) mass is 332 g/mol. The molecule has 1 aliphatic rings. The average molecular weight is 332 g/mol. The summed E-state index contributed by atoms with van der Waals surface area (Å²) in [5.74, 6) is 0.261. The Hall–Kier alpha value is -1.75. The van der Waals surface area contributed by atoms with Crippen LogP contribution in [0.2, 0.25) is 0 Å². The highest BCUT2D eigenvalue weighted by atomic mass is 16.2. The number of likely N-dealkylation sites (N-methyl/N-ethyl adjacent to an activating group) is 1. The van der Waals surface area contributed by atoms with Gasteiger partial charge in [0.05, 0.1) is 11.4 Å². The van der Waals surface area contributed by atoms with Gasteiger partial charge in [-0.1, -0.05) is 13.0 Å². The molecule has 0 aromatic heterocycles. The fraction of sp³-hybridized carbons (Fsp3) is 0.632. The highest BCUT2D eigenvalue weighted by Crippen LogP contribution is 2.24. The van der Waals surface area contributed by atoms with E-state index in [2.05, 4.69) is 42.7 Å². The van der Waals surface area contributed by atoms with Crippen molar-refractivity contribution in [2.75, 3.05) is 56.4 Å². The predicted molar refractivity (Wildman–Crippen MR) is 101 cm³/mol. The van der Waals surface area contributed by atoms with Crippen molar-refractivity contribution in [2.45, 2.75) is 33.6 Å². The Balaban J connectivity index is 1.88. The minimum absolute atomic E-state index is 0.261. The summed E-state index contributed by atoms with van der Waals surface area (Å²) in [7, 11) is 0. The number of carbonyl (C=O) groups excluding carboxylic acids is 1. The van der Waals surface area contributed by atoms with Crippen molar-refractivity contribution in [1.82, 2.24) is 9.80 Å². The second kappa shape index (κ2) is 8.92. The quantitative estimate of drug-likeness (QED) is 0.778. The van der Waals surface area contributed by atoms with Crippen LogP contribution in [0, 0.1) is 0 Å². The summed E-state index contributed by atoms with van der Waals surface area (Å²) in [6, 6.07) is 6.21. The predicted octanol–water partition coefficient (Wildman–Crippen LogP) is 2.21. The van der Waals surface area contributed by atoms with E-state index in [1.54, 1.807) is 0 Å². The molecule has 1 aliphatic heterocycles. The van der Waals surface area contributed by atoms with Crippen LogP contribution >= 0.6 is 0 Å². The number of piperazine rings is 1. The Morgan fingerprint density at radius 3 is 2.33 bits per heavy atom. The second-order valence-electron chi connectivity index (χ2n) is 6.38. The largest absolute Gasteiger partial charge is 0.397 e. The summed E-state index contributed by atoms with van der Waals surface area (Å²) in [6.45, 7) is 13.1. The number of nitrogens with zero attached hydrogens (tertiary/aromatic N) is 3. The van der Waals surface area contributed by atoms with Gasteiger partial charge in [0.2, 0.25) is 5.91 Å². The molecule has 1 amide bonds. The summed E-state index contributed by atoms with van der Waals surface area (Å²) in [4.78, 5) is 19.0. The smallest absolute Gasteiger partial charge is 0.222 e. The van der Waals surface area contributed by atoms with E-state index in [1.165, 1.54) is 0 Å². The Bertz CT molecular complexity index is 534. The number of carbonyl (C=O) groups is 1. The summed E-state index contributed by atoms with van der Waals surface area (Å²) < 4.78 is 0. The lowest BCUT2D eigenvalue weighted by molar-refractivity contribution is -0.132. The van der Waals surface area contributed by atoms with E-state index in [4.69, 9.17) is 5.73 Å². The van der Waals surface area contributed by atoms with E-state index in [0.29, 0.717) is 6.42 Å². The van der Waals surface area contributed by atoms with Crippen molar-refractivity contribution in [3.63, 3.8) is 0 Å². The van der Waals surface area contributed by atoms with Gasteiger partial charge in [-0.25, -0.2) is 0 Å². The normalized spacial score (nSPS) is 15.5. The fourth-order valence-corrected chi connectivity index (χ4v) is 3.33. The lowest BCUT2D eigenvalue weighted by Crippen LogP contribution is -2.48. The van der Waals surface area contributed by atoms with Crippen molar-refractivity contribution in [2.24, 2.45) is 0 Å². The zero-order chi connectivity index (χ0) is 17.5. The van der Waals surface area contributed by atoms with Gasteiger partial charge in [-0.15, -0.1) is 0 Å². The molecule has 1 aromatic carbocycles. The van der Waals surface area contributed by atoms with E-state index in [0.717, 1.165) is 69.2 Å². The third-order valence-corrected chi connectivity index (χ3v) is 5.00. The summed E-state index contributed by atoms with van der Waals surface area (Å²) in [5.41, 5.74) is 9.25. The number of rotatable bonds is 7. The van der Waals surface area contributed by atoms with E-state index in [9.17, 15) is 4.79 Å². The van der Waals surface area contributed by atoms with Crippen LogP contribution in [0.15, 0.2) is 18.2 Å². The summed E-state index contributed by atoms with van der Waals surface area (Å²) in [6.07, 6.45) is 1.33. The van der Waals surface area contributed by atoms with Crippen LogP contribution in [0.5, 0.6) is 0 Å². The molecule has 134 valence electrons. The number of amides is 1. The van der Waals surface area contributed by atoms with Crippen LogP contribution in [0.25, 0.3) is 0 Å². The molecule has 5 heteroatoms. The number of benzene rings is 1. The minimum Gasteiger partial charge on any atom is -0.397 e. The van der Waals surface area contributed by atoms with Gasteiger partial charge in [-0.05, 0) is 44.5 Å². The molecule has 2 rings (SSSR count). The second-order valence-corrected chi connectivity index (χ2v) is 6.38. The minimum atomic E-state index is 0.261. The van der Waals surface area contributed by atoms with Crippen molar-refractivity contribution < 1.29 is 4.79 Å². The molecule has 1 heterocycles.